The molecule has 144 valence electrons. The quantitative estimate of drug-likeness (QED) is 0.742. The van der Waals surface area contributed by atoms with E-state index in [-0.39, 0.29) is 17.5 Å². The molecule has 1 amide bonds. The Morgan fingerprint density at radius 2 is 2.14 bits per heavy atom. The molecule has 0 bridgehead atoms. The van der Waals surface area contributed by atoms with E-state index in [0.717, 1.165) is 44.3 Å². The number of piperidine rings is 1. The van der Waals surface area contributed by atoms with E-state index >= 15 is 0 Å². The zero-order chi connectivity index (χ0) is 19.3. The van der Waals surface area contributed by atoms with Crippen molar-refractivity contribution >= 4 is 5.91 Å². The normalized spacial score (nSPS) is 16.9. The van der Waals surface area contributed by atoms with Gasteiger partial charge in [-0.15, -0.1) is 0 Å². The molecule has 0 unspecified atom stereocenters. The number of aromatic amines is 1. The number of nitrogens with zero attached hydrogens (tertiary/aromatic N) is 3. The smallest absolute Gasteiger partial charge is 0.255 e. The standard InChI is InChI=1S/C22H24N4O2/c27-21-20(8-4-10-24-21)17-5-3-6-18(15-17)22(28)26-12-2-1-7-19(26)9-13-25-14-11-23-16-25/h3-6,8,10-11,14-16,19H,1-2,7,9,12-13H2,(H,24,27)/t19-/m0/s1. The van der Waals surface area contributed by atoms with Crippen molar-refractivity contribution in [2.24, 2.45) is 0 Å². The molecule has 28 heavy (non-hydrogen) atoms. The number of rotatable bonds is 5. The first-order chi connectivity index (χ1) is 13.7. The summed E-state index contributed by atoms with van der Waals surface area (Å²) in [6, 6.07) is 11.2. The zero-order valence-electron chi connectivity index (χ0n) is 15.8. The van der Waals surface area contributed by atoms with E-state index < -0.39 is 0 Å². The summed E-state index contributed by atoms with van der Waals surface area (Å²) in [6.45, 7) is 1.64. The highest BCUT2D eigenvalue weighted by molar-refractivity contribution is 5.95. The number of carbonyl (C=O) groups excluding carboxylic acids is 1. The van der Waals surface area contributed by atoms with Gasteiger partial charge in [-0.05, 0) is 55.5 Å². The summed E-state index contributed by atoms with van der Waals surface area (Å²) >= 11 is 0. The number of aryl methyl sites for hydroxylation is 1. The van der Waals surface area contributed by atoms with Crippen LogP contribution in [0.15, 0.2) is 66.1 Å². The molecule has 3 aromatic rings. The molecule has 1 saturated heterocycles. The van der Waals surface area contributed by atoms with E-state index in [2.05, 4.69) is 14.5 Å². The zero-order valence-corrected chi connectivity index (χ0v) is 15.8. The van der Waals surface area contributed by atoms with Gasteiger partial charge in [0.05, 0.1) is 6.33 Å². The molecule has 4 rings (SSSR count). The minimum atomic E-state index is -0.150. The molecule has 1 fully saturated rings. The molecular weight excluding hydrogens is 352 g/mol. The maximum atomic E-state index is 13.3. The summed E-state index contributed by atoms with van der Waals surface area (Å²) in [5, 5.41) is 0. The average Bonchev–Trinajstić information content (AvgIpc) is 3.26. The van der Waals surface area contributed by atoms with Gasteiger partial charge in [-0.2, -0.15) is 0 Å². The van der Waals surface area contributed by atoms with Gasteiger partial charge in [0.15, 0.2) is 0 Å². The molecule has 1 aromatic carbocycles. The average molecular weight is 376 g/mol. The molecule has 0 spiro atoms. The Morgan fingerprint density at radius 1 is 1.21 bits per heavy atom. The van der Waals surface area contributed by atoms with Crippen molar-refractivity contribution in [2.45, 2.75) is 38.3 Å². The summed E-state index contributed by atoms with van der Waals surface area (Å²) in [4.78, 5) is 34.1. The van der Waals surface area contributed by atoms with Gasteiger partial charge >= 0.3 is 0 Å². The van der Waals surface area contributed by atoms with Crippen LogP contribution in [0, 0.1) is 0 Å². The van der Waals surface area contributed by atoms with Crippen LogP contribution in [0.4, 0.5) is 0 Å². The first kappa shape index (κ1) is 18.2. The van der Waals surface area contributed by atoms with Gasteiger partial charge in [-0.3, -0.25) is 9.59 Å². The lowest BCUT2D eigenvalue weighted by Gasteiger charge is -2.36. The van der Waals surface area contributed by atoms with Crippen LogP contribution < -0.4 is 5.56 Å². The fraction of sp³-hybridized carbons (Fsp3) is 0.318. The Kier molecular flexibility index (Phi) is 5.37. The maximum absolute atomic E-state index is 13.3. The number of hydrogen-bond acceptors (Lipinski definition) is 3. The number of nitrogens with one attached hydrogen (secondary N) is 1. The van der Waals surface area contributed by atoms with Gasteiger partial charge in [-0.1, -0.05) is 12.1 Å². The highest BCUT2D eigenvalue weighted by Crippen LogP contribution is 2.24. The van der Waals surface area contributed by atoms with Crippen molar-refractivity contribution in [3.8, 4) is 11.1 Å². The molecule has 1 aliphatic heterocycles. The third-order valence-corrected chi connectivity index (χ3v) is 5.41. The number of imidazole rings is 1. The second-order valence-electron chi connectivity index (χ2n) is 7.23. The fourth-order valence-corrected chi connectivity index (χ4v) is 3.92. The van der Waals surface area contributed by atoms with Crippen LogP contribution >= 0.6 is 0 Å². The third kappa shape index (κ3) is 3.91. The highest BCUT2D eigenvalue weighted by atomic mass is 16.2. The Bertz CT molecular complexity index is 994. The predicted octanol–water partition coefficient (Wildman–Crippen LogP) is 3.32. The number of hydrogen-bond donors (Lipinski definition) is 1. The molecule has 1 atom stereocenters. The minimum absolute atomic E-state index is 0.0459. The first-order valence-corrected chi connectivity index (χ1v) is 9.77. The van der Waals surface area contributed by atoms with E-state index in [4.69, 9.17) is 0 Å². The lowest BCUT2D eigenvalue weighted by atomic mass is 9.97. The summed E-state index contributed by atoms with van der Waals surface area (Å²) < 4.78 is 2.06. The van der Waals surface area contributed by atoms with Gasteiger partial charge in [0.25, 0.3) is 11.5 Å². The Morgan fingerprint density at radius 3 is 2.96 bits per heavy atom. The van der Waals surface area contributed by atoms with Crippen LogP contribution in [0.2, 0.25) is 0 Å². The number of benzene rings is 1. The number of H-pyrrole nitrogens is 1. The summed E-state index contributed by atoms with van der Waals surface area (Å²) in [5.74, 6) is 0.0459. The highest BCUT2D eigenvalue weighted by Gasteiger charge is 2.27. The Balaban J connectivity index is 1.54. The lowest BCUT2D eigenvalue weighted by Crippen LogP contribution is -2.44. The molecule has 0 aliphatic carbocycles. The lowest BCUT2D eigenvalue weighted by molar-refractivity contribution is 0.0595. The second-order valence-corrected chi connectivity index (χ2v) is 7.23. The van der Waals surface area contributed by atoms with E-state index in [1.165, 1.54) is 0 Å². The first-order valence-electron chi connectivity index (χ1n) is 9.77. The molecule has 3 heterocycles. The monoisotopic (exact) mass is 376 g/mol. The number of carbonyl (C=O) groups is 1. The Hall–Kier alpha value is -3.15. The van der Waals surface area contributed by atoms with Gasteiger partial charge < -0.3 is 14.5 Å². The molecule has 0 radical (unpaired) electrons. The molecule has 1 aliphatic rings. The van der Waals surface area contributed by atoms with Crippen molar-refractivity contribution < 1.29 is 4.79 Å². The van der Waals surface area contributed by atoms with Gasteiger partial charge in [0, 0.05) is 48.8 Å². The SMILES string of the molecule is O=C(c1cccc(-c2ccc[nH]c2=O)c1)N1CCCC[C@H]1CCn1ccnc1. The summed E-state index contributed by atoms with van der Waals surface area (Å²) in [6.07, 6.45) is 11.3. The molecule has 6 nitrogen and oxygen atoms in total. The van der Waals surface area contributed by atoms with Crippen LogP contribution in [-0.4, -0.2) is 37.9 Å². The largest absolute Gasteiger partial charge is 0.337 e. The van der Waals surface area contributed by atoms with Crippen molar-refractivity contribution in [2.75, 3.05) is 6.54 Å². The van der Waals surface area contributed by atoms with Crippen LogP contribution in [-0.2, 0) is 6.54 Å². The second kappa shape index (κ2) is 8.25. The maximum Gasteiger partial charge on any atom is 0.255 e. The van der Waals surface area contributed by atoms with Crippen molar-refractivity contribution in [3.05, 3.63) is 77.2 Å². The number of pyridine rings is 1. The number of likely N-dealkylation sites (tertiary alicyclic amines) is 1. The number of aromatic nitrogens is 3. The van der Waals surface area contributed by atoms with Crippen LogP contribution in [0.25, 0.3) is 11.1 Å². The van der Waals surface area contributed by atoms with E-state index in [1.54, 1.807) is 24.5 Å². The van der Waals surface area contributed by atoms with Gasteiger partial charge in [0.1, 0.15) is 0 Å². The van der Waals surface area contributed by atoms with Crippen LogP contribution in [0.1, 0.15) is 36.0 Å². The molecule has 0 saturated carbocycles. The molecule has 6 heteroatoms. The summed E-state index contributed by atoms with van der Waals surface area (Å²) in [7, 11) is 0. The molecule has 1 N–H and O–H groups in total. The minimum Gasteiger partial charge on any atom is -0.337 e. The third-order valence-electron chi connectivity index (χ3n) is 5.41. The topological polar surface area (TPSA) is 71.0 Å². The van der Waals surface area contributed by atoms with Gasteiger partial charge in [-0.25, -0.2) is 4.98 Å². The number of amides is 1. The molecular formula is C22H24N4O2. The molecule has 2 aromatic heterocycles. The predicted molar refractivity (Wildman–Crippen MR) is 108 cm³/mol. The van der Waals surface area contributed by atoms with Crippen molar-refractivity contribution in [3.63, 3.8) is 0 Å². The van der Waals surface area contributed by atoms with Crippen molar-refractivity contribution in [1.29, 1.82) is 0 Å². The van der Waals surface area contributed by atoms with E-state index in [9.17, 15) is 9.59 Å². The van der Waals surface area contributed by atoms with Crippen LogP contribution in [0.3, 0.4) is 0 Å². The van der Waals surface area contributed by atoms with E-state index in [1.807, 2.05) is 41.7 Å². The van der Waals surface area contributed by atoms with Crippen molar-refractivity contribution in [1.82, 2.24) is 19.4 Å². The summed E-state index contributed by atoms with van der Waals surface area (Å²) in [5.41, 5.74) is 1.82. The van der Waals surface area contributed by atoms with E-state index in [0.29, 0.717) is 11.1 Å². The Labute approximate surface area is 163 Å². The van der Waals surface area contributed by atoms with Gasteiger partial charge in [0.2, 0.25) is 0 Å². The van der Waals surface area contributed by atoms with Crippen LogP contribution in [0.5, 0.6) is 0 Å². The fourth-order valence-electron chi connectivity index (χ4n) is 3.92.